The Morgan fingerprint density at radius 1 is 0.857 bits per heavy atom. The third-order valence-corrected chi connectivity index (χ3v) is 5.40. The van der Waals surface area contributed by atoms with Gasteiger partial charge in [0.05, 0.1) is 17.3 Å². The Morgan fingerprint density at radius 3 is 2.04 bits per heavy atom. The van der Waals surface area contributed by atoms with Crippen molar-refractivity contribution < 1.29 is 18.4 Å². The summed E-state index contributed by atoms with van der Waals surface area (Å²) in [7, 11) is 0. The SMILES string of the molecule is O=C([C@H]1CC(=O)N(c2ccccc2F)C1)N1CCN(c2ccccc2F)CC1. The molecule has 28 heavy (non-hydrogen) atoms. The minimum atomic E-state index is -0.480. The zero-order valence-corrected chi connectivity index (χ0v) is 15.4. The van der Waals surface area contributed by atoms with E-state index in [0.717, 1.165) is 0 Å². The molecule has 0 unspecified atom stereocenters. The van der Waals surface area contributed by atoms with E-state index in [-0.39, 0.29) is 36.3 Å². The zero-order chi connectivity index (χ0) is 19.7. The Bertz CT molecular complexity index is 897. The van der Waals surface area contributed by atoms with E-state index >= 15 is 0 Å². The number of hydrogen-bond donors (Lipinski definition) is 0. The van der Waals surface area contributed by atoms with Crippen molar-refractivity contribution in [1.82, 2.24) is 4.90 Å². The maximum atomic E-state index is 14.0. The number of benzene rings is 2. The lowest BCUT2D eigenvalue weighted by molar-refractivity contribution is -0.136. The van der Waals surface area contributed by atoms with E-state index in [1.54, 1.807) is 41.3 Å². The summed E-state index contributed by atoms with van der Waals surface area (Å²) in [5, 5.41) is 0. The van der Waals surface area contributed by atoms with Gasteiger partial charge in [0.2, 0.25) is 11.8 Å². The maximum absolute atomic E-state index is 14.0. The highest BCUT2D eigenvalue weighted by Crippen LogP contribution is 2.29. The molecule has 0 aliphatic carbocycles. The van der Waals surface area contributed by atoms with Crippen molar-refractivity contribution in [2.45, 2.75) is 6.42 Å². The van der Waals surface area contributed by atoms with Gasteiger partial charge >= 0.3 is 0 Å². The Kier molecular flexibility index (Phi) is 4.98. The molecule has 146 valence electrons. The number of rotatable bonds is 3. The number of halogens is 2. The molecule has 2 aliphatic heterocycles. The molecule has 0 bridgehead atoms. The Hall–Kier alpha value is -2.96. The average Bonchev–Trinajstić information content (AvgIpc) is 3.10. The van der Waals surface area contributed by atoms with Gasteiger partial charge in [0.1, 0.15) is 11.6 Å². The van der Waals surface area contributed by atoms with Gasteiger partial charge in [0, 0.05) is 39.1 Å². The van der Waals surface area contributed by atoms with Crippen molar-refractivity contribution in [2.75, 3.05) is 42.5 Å². The van der Waals surface area contributed by atoms with Gasteiger partial charge in [0.15, 0.2) is 0 Å². The first kappa shape index (κ1) is 18.4. The number of carbonyl (C=O) groups excluding carboxylic acids is 2. The van der Waals surface area contributed by atoms with Gasteiger partial charge < -0.3 is 14.7 Å². The fourth-order valence-electron chi connectivity index (χ4n) is 3.91. The molecule has 0 N–H and O–H groups in total. The molecule has 2 saturated heterocycles. The van der Waals surface area contributed by atoms with Gasteiger partial charge in [-0.15, -0.1) is 0 Å². The Morgan fingerprint density at radius 2 is 1.43 bits per heavy atom. The van der Waals surface area contributed by atoms with Crippen molar-refractivity contribution in [3.63, 3.8) is 0 Å². The van der Waals surface area contributed by atoms with Crippen molar-refractivity contribution in [1.29, 1.82) is 0 Å². The standard InChI is InChI=1S/C21H21F2N3O2/c22-16-5-1-3-7-18(16)24-9-11-25(12-10-24)21(28)15-13-20(27)26(14-15)19-8-4-2-6-17(19)23/h1-8,15H,9-14H2/t15-/m0/s1. The maximum Gasteiger partial charge on any atom is 0.228 e. The minimum absolute atomic E-state index is 0.0840. The predicted molar refractivity (Wildman–Crippen MR) is 102 cm³/mol. The second kappa shape index (κ2) is 7.58. The van der Waals surface area contributed by atoms with Gasteiger partial charge in [0.25, 0.3) is 0 Å². The van der Waals surface area contributed by atoms with E-state index in [2.05, 4.69) is 0 Å². The number of hydrogen-bond acceptors (Lipinski definition) is 3. The first-order valence-corrected chi connectivity index (χ1v) is 9.38. The molecule has 1 atom stereocenters. The van der Waals surface area contributed by atoms with E-state index in [9.17, 15) is 18.4 Å². The van der Waals surface area contributed by atoms with Crippen LogP contribution in [0.2, 0.25) is 0 Å². The predicted octanol–water partition coefficient (Wildman–Crippen LogP) is 2.67. The first-order valence-electron chi connectivity index (χ1n) is 9.38. The number of amides is 2. The van der Waals surface area contributed by atoms with Gasteiger partial charge in [-0.3, -0.25) is 9.59 Å². The highest BCUT2D eigenvalue weighted by Gasteiger charge is 2.38. The lowest BCUT2D eigenvalue weighted by Gasteiger charge is -2.37. The first-order chi connectivity index (χ1) is 13.5. The van der Waals surface area contributed by atoms with Crippen molar-refractivity contribution >= 4 is 23.2 Å². The van der Waals surface area contributed by atoms with E-state index < -0.39 is 11.7 Å². The summed E-state index contributed by atoms with van der Waals surface area (Å²) in [4.78, 5) is 30.2. The largest absolute Gasteiger partial charge is 0.366 e. The second-order valence-corrected chi connectivity index (χ2v) is 7.12. The van der Waals surface area contributed by atoms with Gasteiger partial charge in [-0.05, 0) is 24.3 Å². The zero-order valence-electron chi connectivity index (χ0n) is 15.4. The van der Waals surface area contributed by atoms with Crippen LogP contribution in [0.3, 0.4) is 0 Å². The van der Waals surface area contributed by atoms with Crippen LogP contribution in [0.5, 0.6) is 0 Å². The molecule has 2 heterocycles. The van der Waals surface area contributed by atoms with E-state index in [1.165, 1.54) is 17.0 Å². The fourth-order valence-corrected chi connectivity index (χ4v) is 3.91. The summed E-state index contributed by atoms with van der Waals surface area (Å²) < 4.78 is 28.0. The van der Waals surface area contributed by atoms with Crippen LogP contribution < -0.4 is 9.80 Å². The third-order valence-electron chi connectivity index (χ3n) is 5.40. The topological polar surface area (TPSA) is 43.9 Å². The van der Waals surface area contributed by atoms with E-state index in [1.807, 2.05) is 4.90 Å². The second-order valence-electron chi connectivity index (χ2n) is 7.12. The lowest BCUT2D eigenvalue weighted by Crippen LogP contribution is -2.51. The molecule has 0 radical (unpaired) electrons. The summed E-state index contributed by atoms with van der Waals surface area (Å²) in [6.07, 6.45) is 0.0840. The Labute approximate surface area is 162 Å². The monoisotopic (exact) mass is 385 g/mol. The smallest absolute Gasteiger partial charge is 0.228 e. The summed E-state index contributed by atoms with van der Waals surface area (Å²) in [6, 6.07) is 12.7. The van der Waals surface area contributed by atoms with Crippen LogP contribution in [0.25, 0.3) is 0 Å². The van der Waals surface area contributed by atoms with Crippen molar-refractivity contribution in [3.05, 3.63) is 60.2 Å². The van der Waals surface area contributed by atoms with Crippen molar-refractivity contribution in [2.24, 2.45) is 5.92 Å². The van der Waals surface area contributed by atoms with Crippen LogP contribution in [-0.2, 0) is 9.59 Å². The molecule has 2 aromatic carbocycles. The molecule has 4 rings (SSSR count). The van der Waals surface area contributed by atoms with Crippen LogP contribution >= 0.6 is 0 Å². The molecule has 0 spiro atoms. The number of piperazine rings is 1. The van der Waals surface area contributed by atoms with Gasteiger partial charge in [-0.1, -0.05) is 24.3 Å². The molecular weight excluding hydrogens is 364 g/mol. The number of carbonyl (C=O) groups is 2. The number of para-hydroxylation sites is 2. The molecular formula is C21H21F2N3O2. The van der Waals surface area contributed by atoms with Gasteiger partial charge in [-0.2, -0.15) is 0 Å². The average molecular weight is 385 g/mol. The summed E-state index contributed by atoms with van der Waals surface area (Å²) in [5.74, 6) is -1.56. The fraction of sp³-hybridized carbons (Fsp3) is 0.333. The summed E-state index contributed by atoms with van der Waals surface area (Å²) in [5.41, 5.74) is 0.753. The molecule has 2 aromatic rings. The molecule has 2 fully saturated rings. The van der Waals surface area contributed by atoms with Crippen LogP contribution in [-0.4, -0.2) is 49.4 Å². The quantitative estimate of drug-likeness (QED) is 0.816. The van der Waals surface area contributed by atoms with Crippen LogP contribution in [0.4, 0.5) is 20.2 Å². The molecule has 5 nitrogen and oxygen atoms in total. The summed E-state index contributed by atoms with van der Waals surface area (Å²) in [6.45, 7) is 2.19. The highest BCUT2D eigenvalue weighted by atomic mass is 19.1. The molecule has 2 amide bonds. The Balaban J connectivity index is 1.39. The van der Waals surface area contributed by atoms with Gasteiger partial charge in [-0.25, -0.2) is 8.78 Å². The van der Waals surface area contributed by atoms with Crippen LogP contribution in [0, 0.1) is 17.6 Å². The molecule has 7 heteroatoms. The van der Waals surface area contributed by atoms with Crippen LogP contribution in [0.15, 0.2) is 48.5 Å². The third kappa shape index (κ3) is 3.44. The lowest BCUT2D eigenvalue weighted by atomic mass is 10.1. The van der Waals surface area contributed by atoms with E-state index in [0.29, 0.717) is 31.9 Å². The van der Waals surface area contributed by atoms with Crippen LogP contribution in [0.1, 0.15) is 6.42 Å². The minimum Gasteiger partial charge on any atom is -0.366 e. The highest BCUT2D eigenvalue weighted by molar-refractivity contribution is 6.00. The molecule has 0 aromatic heterocycles. The molecule has 0 saturated carbocycles. The van der Waals surface area contributed by atoms with Crippen molar-refractivity contribution in [3.8, 4) is 0 Å². The number of anilines is 2. The number of nitrogens with zero attached hydrogens (tertiary/aromatic N) is 3. The molecule has 2 aliphatic rings. The summed E-state index contributed by atoms with van der Waals surface area (Å²) >= 11 is 0. The normalized spacial score (nSPS) is 20.0. The van der Waals surface area contributed by atoms with E-state index in [4.69, 9.17) is 0 Å².